The minimum atomic E-state index is -3.07. The van der Waals surface area contributed by atoms with Crippen LogP contribution in [0, 0.1) is 0 Å². The van der Waals surface area contributed by atoms with Crippen molar-refractivity contribution in [2.75, 3.05) is 18.6 Å². The molecular formula is C17H24N2O5S. The van der Waals surface area contributed by atoms with Crippen molar-refractivity contribution in [1.29, 1.82) is 0 Å². The number of carboxylic acids is 1. The topological polar surface area (TPSA) is 104 Å². The number of sulfone groups is 1. The molecule has 1 fully saturated rings. The van der Waals surface area contributed by atoms with Crippen LogP contribution in [0.2, 0.25) is 0 Å². The van der Waals surface area contributed by atoms with Crippen LogP contribution in [0.4, 0.5) is 4.79 Å². The van der Waals surface area contributed by atoms with Gasteiger partial charge in [-0.15, -0.1) is 0 Å². The molecule has 1 aliphatic rings. The van der Waals surface area contributed by atoms with Gasteiger partial charge in [-0.1, -0.05) is 30.3 Å². The van der Waals surface area contributed by atoms with E-state index in [1.807, 2.05) is 30.3 Å². The number of hydrogen-bond donors (Lipinski definition) is 2. The fourth-order valence-corrected chi connectivity index (χ4v) is 4.72. The van der Waals surface area contributed by atoms with Gasteiger partial charge in [0.05, 0.1) is 11.5 Å². The molecule has 1 saturated heterocycles. The fraction of sp³-hybridized carbons (Fsp3) is 0.529. The third-order valence-electron chi connectivity index (χ3n) is 4.44. The van der Waals surface area contributed by atoms with Crippen LogP contribution < -0.4 is 5.32 Å². The van der Waals surface area contributed by atoms with Crippen LogP contribution in [0.1, 0.15) is 24.8 Å². The lowest BCUT2D eigenvalue weighted by Gasteiger charge is -2.27. The van der Waals surface area contributed by atoms with Gasteiger partial charge < -0.3 is 15.3 Å². The molecule has 8 heteroatoms. The third-order valence-corrected chi connectivity index (χ3v) is 6.19. The van der Waals surface area contributed by atoms with E-state index in [2.05, 4.69) is 5.32 Å². The van der Waals surface area contributed by atoms with Crippen molar-refractivity contribution in [1.82, 2.24) is 10.2 Å². The molecule has 2 rings (SSSR count). The number of nitrogens with one attached hydrogen (secondary N) is 1. The highest BCUT2D eigenvalue weighted by Crippen LogP contribution is 2.17. The molecule has 0 spiro atoms. The highest BCUT2D eigenvalue weighted by molar-refractivity contribution is 7.91. The number of carbonyl (C=O) groups is 2. The van der Waals surface area contributed by atoms with Gasteiger partial charge in [0.2, 0.25) is 0 Å². The summed E-state index contributed by atoms with van der Waals surface area (Å²) in [4.78, 5) is 24.7. The van der Waals surface area contributed by atoms with Crippen molar-refractivity contribution >= 4 is 21.8 Å². The summed E-state index contributed by atoms with van der Waals surface area (Å²) in [6, 6.07) is 8.49. The highest BCUT2D eigenvalue weighted by Gasteiger charge is 2.33. The molecule has 0 saturated carbocycles. The van der Waals surface area contributed by atoms with Gasteiger partial charge in [-0.05, 0) is 24.8 Å². The Morgan fingerprint density at radius 1 is 1.32 bits per heavy atom. The summed E-state index contributed by atoms with van der Waals surface area (Å²) >= 11 is 0. The van der Waals surface area contributed by atoms with E-state index in [4.69, 9.17) is 5.11 Å². The summed E-state index contributed by atoms with van der Waals surface area (Å²) in [7, 11) is -1.49. The number of hydrogen-bond acceptors (Lipinski definition) is 4. The third kappa shape index (κ3) is 6.04. The Balaban J connectivity index is 1.99. The van der Waals surface area contributed by atoms with Crippen LogP contribution in [0.5, 0.6) is 0 Å². The molecule has 2 N–H and O–H groups in total. The predicted molar refractivity (Wildman–Crippen MR) is 94.2 cm³/mol. The van der Waals surface area contributed by atoms with E-state index in [0.717, 1.165) is 5.56 Å². The quantitative estimate of drug-likeness (QED) is 0.755. The Kier molecular flexibility index (Phi) is 6.41. The number of urea groups is 1. The first kappa shape index (κ1) is 19.2. The van der Waals surface area contributed by atoms with Crippen molar-refractivity contribution in [3.8, 4) is 0 Å². The number of carboxylic acid groups (broad SMARTS) is 1. The molecule has 2 unspecified atom stereocenters. The van der Waals surface area contributed by atoms with Gasteiger partial charge in [0, 0.05) is 25.6 Å². The first-order chi connectivity index (χ1) is 11.8. The molecule has 2 atom stereocenters. The van der Waals surface area contributed by atoms with Crippen LogP contribution in [0.15, 0.2) is 30.3 Å². The lowest BCUT2D eigenvalue weighted by Crippen LogP contribution is -2.48. The maximum atomic E-state index is 12.5. The van der Waals surface area contributed by atoms with E-state index >= 15 is 0 Å². The van der Waals surface area contributed by atoms with Crippen molar-refractivity contribution in [2.45, 2.75) is 37.8 Å². The van der Waals surface area contributed by atoms with Crippen molar-refractivity contribution in [3.05, 3.63) is 35.9 Å². The Bertz CT molecular complexity index is 705. The van der Waals surface area contributed by atoms with E-state index in [1.54, 1.807) is 7.05 Å². The fourth-order valence-electron chi connectivity index (χ4n) is 2.94. The summed E-state index contributed by atoms with van der Waals surface area (Å²) in [5.41, 5.74) is 1.00. The number of amides is 2. The smallest absolute Gasteiger partial charge is 0.317 e. The maximum absolute atomic E-state index is 12.5. The molecule has 1 aromatic rings. The number of carbonyl (C=O) groups excluding carboxylic acids is 1. The molecule has 7 nitrogen and oxygen atoms in total. The summed E-state index contributed by atoms with van der Waals surface area (Å²) in [6.45, 7) is 0. The first-order valence-electron chi connectivity index (χ1n) is 8.26. The van der Waals surface area contributed by atoms with E-state index in [0.29, 0.717) is 19.3 Å². The largest absolute Gasteiger partial charge is 0.481 e. The molecular weight excluding hydrogens is 344 g/mol. The minimum absolute atomic E-state index is 0.0185. The van der Waals surface area contributed by atoms with Gasteiger partial charge in [-0.2, -0.15) is 0 Å². The molecule has 0 aromatic heterocycles. The van der Waals surface area contributed by atoms with E-state index in [9.17, 15) is 18.0 Å². The molecule has 1 heterocycles. The molecule has 0 aliphatic carbocycles. The number of aliphatic carboxylic acids is 1. The molecule has 1 aliphatic heterocycles. The standard InChI is InChI=1S/C17H24N2O5S/c1-19(15-9-10-25(23,24)12-15)17(22)18-14(7-8-16(20)21)11-13-5-3-2-4-6-13/h2-6,14-15H,7-12H2,1H3,(H,18,22)(H,20,21). The van der Waals surface area contributed by atoms with Gasteiger partial charge in [-0.25, -0.2) is 13.2 Å². The van der Waals surface area contributed by atoms with Gasteiger partial charge in [0.1, 0.15) is 0 Å². The second-order valence-corrected chi connectivity index (χ2v) is 8.67. The maximum Gasteiger partial charge on any atom is 0.317 e. The summed E-state index contributed by atoms with van der Waals surface area (Å²) in [6.07, 6.45) is 1.23. The van der Waals surface area contributed by atoms with Crippen LogP contribution in [-0.2, 0) is 21.1 Å². The Hall–Kier alpha value is -2.09. The molecule has 0 radical (unpaired) electrons. The average molecular weight is 368 g/mol. The van der Waals surface area contributed by atoms with E-state index < -0.39 is 15.8 Å². The Morgan fingerprint density at radius 3 is 2.56 bits per heavy atom. The highest BCUT2D eigenvalue weighted by atomic mass is 32.2. The number of nitrogens with zero attached hydrogens (tertiary/aromatic N) is 1. The monoisotopic (exact) mass is 368 g/mol. The SMILES string of the molecule is CN(C(=O)NC(CCC(=O)O)Cc1ccccc1)C1CCS(=O)(=O)C1. The van der Waals surface area contributed by atoms with Gasteiger partial charge >= 0.3 is 12.0 Å². The average Bonchev–Trinajstić information content (AvgIpc) is 2.92. The summed E-state index contributed by atoms with van der Waals surface area (Å²) in [5.74, 6) is -0.834. The zero-order chi connectivity index (χ0) is 18.4. The zero-order valence-corrected chi connectivity index (χ0v) is 15.0. The summed E-state index contributed by atoms with van der Waals surface area (Å²) < 4.78 is 23.2. The van der Waals surface area contributed by atoms with Gasteiger partial charge in [-0.3, -0.25) is 4.79 Å². The molecule has 138 valence electrons. The van der Waals surface area contributed by atoms with Gasteiger partial charge in [0.25, 0.3) is 0 Å². The Labute approximate surface area is 147 Å². The van der Waals surface area contributed by atoms with E-state index in [1.165, 1.54) is 4.90 Å². The molecule has 0 bridgehead atoms. The molecule has 25 heavy (non-hydrogen) atoms. The van der Waals surface area contributed by atoms with Crippen molar-refractivity contribution in [3.63, 3.8) is 0 Å². The minimum Gasteiger partial charge on any atom is -0.481 e. The van der Waals surface area contributed by atoms with Crippen LogP contribution >= 0.6 is 0 Å². The second kappa shape index (κ2) is 8.33. The number of benzene rings is 1. The number of rotatable bonds is 7. The lowest BCUT2D eigenvalue weighted by atomic mass is 10.0. The van der Waals surface area contributed by atoms with Crippen molar-refractivity contribution in [2.24, 2.45) is 0 Å². The van der Waals surface area contributed by atoms with Crippen LogP contribution in [-0.4, -0.2) is 61.1 Å². The first-order valence-corrected chi connectivity index (χ1v) is 10.1. The molecule has 1 aromatic carbocycles. The normalized spacial score (nSPS) is 20.0. The Morgan fingerprint density at radius 2 is 2.00 bits per heavy atom. The van der Waals surface area contributed by atoms with Crippen LogP contribution in [0.25, 0.3) is 0 Å². The lowest BCUT2D eigenvalue weighted by molar-refractivity contribution is -0.137. The van der Waals surface area contributed by atoms with Crippen molar-refractivity contribution < 1.29 is 23.1 Å². The summed E-state index contributed by atoms with van der Waals surface area (Å²) in [5, 5.41) is 11.8. The van der Waals surface area contributed by atoms with Gasteiger partial charge in [0.15, 0.2) is 9.84 Å². The molecule has 2 amide bonds. The zero-order valence-electron chi connectivity index (χ0n) is 14.2. The van der Waals surface area contributed by atoms with E-state index in [-0.39, 0.29) is 36.0 Å². The van der Waals surface area contributed by atoms with Crippen LogP contribution in [0.3, 0.4) is 0 Å². The second-order valence-electron chi connectivity index (χ2n) is 6.44. The predicted octanol–water partition coefficient (Wildman–Crippen LogP) is 1.29.